The summed E-state index contributed by atoms with van der Waals surface area (Å²) in [6.07, 6.45) is 3.18. The van der Waals surface area contributed by atoms with E-state index in [4.69, 9.17) is 23.1 Å². The summed E-state index contributed by atoms with van der Waals surface area (Å²) in [5.41, 5.74) is 13.7. The normalized spacial score (nSPS) is 11.2. The standard InChI is InChI=1S/C17H13ClN6O2S/c1-7-10(25)3-2-8(18)13(7)24-14(19)11(15(20)26)12-16(24)22-6-9(23-12)17-21-4-5-27-17/h2-6,25H,19H2,1H3,(H2,20,26). The monoisotopic (exact) mass is 400 g/mol. The summed E-state index contributed by atoms with van der Waals surface area (Å²) in [4.78, 5) is 25.2. The van der Waals surface area contributed by atoms with Crippen LogP contribution in [0.1, 0.15) is 15.9 Å². The fourth-order valence-electron chi connectivity index (χ4n) is 2.91. The van der Waals surface area contributed by atoms with E-state index in [0.717, 1.165) is 0 Å². The van der Waals surface area contributed by atoms with Crippen LogP contribution in [0.25, 0.3) is 27.6 Å². The van der Waals surface area contributed by atoms with Crippen LogP contribution in [0, 0.1) is 6.92 Å². The van der Waals surface area contributed by atoms with Gasteiger partial charge in [0.25, 0.3) is 5.91 Å². The molecule has 0 unspecified atom stereocenters. The molecule has 5 N–H and O–H groups in total. The second-order valence-corrected chi connectivity index (χ2v) is 7.07. The molecular weight excluding hydrogens is 388 g/mol. The number of hydrogen-bond donors (Lipinski definition) is 3. The van der Waals surface area contributed by atoms with E-state index in [-0.39, 0.29) is 22.6 Å². The molecule has 0 fully saturated rings. The van der Waals surface area contributed by atoms with E-state index in [1.165, 1.54) is 34.2 Å². The van der Waals surface area contributed by atoms with Gasteiger partial charge in [-0.05, 0) is 19.1 Å². The Balaban J connectivity index is 2.10. The molecule has 0 aliphatic heterocycles. The molecule has 4 aromatic rings. The molecule has 136 valence electrons. The van der Waals surface area contributed by atoms with Crippen molar-refractivity contribution in [1.82, 2.24) is 19.5 Å². The largest absolute Gasteiger partial charge is 0.508 e. The lowest BCUT2D eigenvalue weighted by Gasteiger charge is -2.13. The number of anilines is 1. The molecule has 1 aromatic carbocycles. The second-order valence-electron chi connectivity index (χ2n) is 5.76. The number of nitrogens with two attached hydrogens (primary N) is 2. The summed E-state index contributed by atoms with van der Waals surface area (Å²) >= 11 is 7.74. The third-order valence-electron chi connectivity index (χ3n) is 4.17. The average molecular weight is 401 g/mol. The summed E-state index contributed by atoms with van der Waals surface area (Å²) in [6, 6.07) is 3.01. The predicted molar refractivity (Wildman–Crippen MR) is 104 cm³/mol. The minimum atomic E-state index is -0.740. The number of phenols is 1. The predicted octanol–water partition coefficient (Wildman–Crippen LogP) is 2.89. The molecule has 27 heavy (non-hydrogen) atoms. The van der Waals surface area contributed by atoms with Crippen molar-refractivity contribution >= 4 is 45.8 Å². The van der Waals surface area contributed by atoms with Gasteiger partial charge in [-0.15, -0.1) is 11.3 Å². The van der Waals surface area contributed by atoms with Crippen molar-refractivity contribution < 1.29 is 9.90 Å². The highest BCUT2D eigenvalue weighted by Gasteiger charge is 2.25. The molecule has 3 heterocycles. The average Bonchev–Trinajstić information content (AvgIpc) is 3.25. The van der Waals surface area contributed by atoms with Crippen molar-refractivity contribution in [3.8, 4) is 22.1 Å². The first-order chi connectivity index (χ1) is 12.9. The Kier molecular flexibility index (Phi) is 3.97. The number of aromatic nitrogens is 4. The fourth-order valence-corrected chi connectivity index (χ4v) is 3.80. The molecule has 10 heteroatoms. The Labute approximate surface area is 162 Å². The minimum absolute atomic E-state index is 0.0311. The van der Waals surface area contributed by atoms with Crippen molar-refractivity contribution in [2.24, 2.45) is 5.73 Å². The Morgan fingerprint density at radius 3 is 2.78 bits per heavy atom. The number of thiazole rings is 1. The fraction of sp³-hybridized carbons (Fsp3) is 0.0588. The van der Waals surface area contributed by atoms with Gasteiger partial charge in [0.1, 0.15) is 33.3 Å². The zero-order valence-corrected chi connectivity index (χ0v) is 15.5. The summed E-state index contributed by atoms with van der Waals surface area (Å²) in [5.74, 6) is -0.663. The highest BCUT2D eigenvalue weighted by atomic mass is 35.5. The molecule has 0 spiro atoms. The topological polar surface area (TPSA) is 133 Å². The first-order valence-electron chi connectivity index (χ1n) is 7.75. The summed E-state index contributed by atoms with van der Waals surface area (Å²) in [6.45, 7) is 1.68. The third-order valence-corrected chi connectivity index (χ3v) is 5.27. The first-order valence-corrected chi connectivity index (χ1v) is 9.01. The maximum atomic E-state index is 12.1. The smallest absolute Gasteiger partial charge is 0.254 e. The minimum Gasteiger partial charge on any atom is -0.508 e. The highest BCUT2D eigenvalue weighted by Crippen LogP contribution is 2.37. The van der Waals surface area contributed by atoms with Crippen LogP contribution in [0.5, 0.6) is 5.75 Å². The van der Waals surface area contributed by atoms with Crippen molar-refractivity contribution in [3.05, 3.63) is 46.1 Å². The van der Waals surface area contributed by atoms with Gasteiger partial charge < -0.3 is 16.6 Å². The molecule has 0 atom stereocenters. The molecule has 0 saturated carbocycles. The van der Waals surface area contributed by atoms with Crippen LogP contribution < -0.4 is 11.5 Å². The number of primary amides is 1. The van der Waals surface area contributed by atoms with Crippen LogP contribution in [0.2, 0.25) is 5.02 Å². The van der Waals surface area contributed by atoms with Gasteiger partial charge in [-0.2, -0.15) is 0 Å². The maximum Gasteiger partial charge on any atom is 0.254 e. The quantitative estimate of drug-likeness (QED) is 0.484. The van der Waals surface area contributed by atoms with Crippen molar-refractivity contribution in [3.63, 3.8) is 0 Å². The van der Waals surface area contributed by atoms with Crippen LogP contribution in [-0.2, 0) is 0 Å². The molecule has 3 aromatic heterocycles. The zero-order valence-electron chi connectivity index (χ0n) is 14.0. The molecule has 0 radical (unpaired) electrons. The number of carbonyl (C=O) groups excluding carboxylic acids is 1. The van der Waals surface area contributed by atoms with Gasteiger partial charge in [-0.3, -0.25) is 9.36 Å². The van der Waals surface area contributed by atoms with Crippen LogP contribution >= 0.6 is 22.9 Å². The number of phenolic OH excluding ortho intramolecular Hbond substituents is 1. The Hall–Kier alpha value is -3.17. The number of benzene rings is 1. The molecule has 4 rings (SSSR count). The van der Waals surface area contributed by atoms with E-state index in [1.807, 2.05) is 5.38 Å². The Morgan fingerprint density at radius 2 is 2.11 bits per heavy atom. The molecule has 1 amide bonds. The van der Waals surface area contributed by atoms with Crippen molar-refractivity contribution in [2.75, 3.05) is 5.73 Å². The molecule has 0 aliphatic rings. The van der Waals surface area contributed by atoms with Crippen LogP contribution in [0.4, 0.5) is 5.82 Å². The number of fused-ring (bicyclic) bond motifs is 1. The van der Waals surface area contributed by atoms with Crippen LogP contribution in [0.15, 0.2) is 29.9 Å². The number of nitrogen functional groups attached to an aromatic ring is 1. The number of hydrogen-bond acceptors (Lipinski definition) is 7. The van der Waals surface area contributed by atoms with Gasteiger partial charge in [0.2, 0.25) is 0 Å². The number of nitrogens with zero attached hydrogens (tertiary/aromatic N) is 4. The lowest BCUT2D eigenvalue weighted by atomic mass is 10.1. The van der Waals surface area contributed by atoms with Crippen molar-refractivity contribution in [1.29, 1.82) is 0 Å². The number of rotatable bonds is 3. The zero-order chi connectivity index (χ0) is 19.3. The highest BCUT2D eigenvalue weighted by molar-refractivity contribution is 7.13. The number of amides is 1. The Bertz CT molecular complexity index is 1200. The Morgan fingerprint density at radius 1 is 1.33 bits per heavy atom. The number of aromatic hydroxyl groups is 1. The van der Waals surface area contributed by atoms with Gasteiger partial charge >= 0.3 is 0 Å². The maximum absolute atomic E-state index is 12.1. The van der Waals surface area contributed by atoms with Crippen LogP contribution in [-0.4, -0.2) is 30.5 Å². The van der Waals surface area contributed by atoms with E-state index >= 15 is 0 Å². The van der Waals surface area contributed by atoms with E-state index in [0.29, 0.717) is 32.6 Å². The first kappa shape index (κ1) is 17.3. The molecular formula is C17H13ClN6O2S. The van der Waals surface area contributed by atoms with Gasteiger partial charge in [0.05, 0.1) is 16.9 Å². The van der Waals surface area contributed by atoms with Gasteiger partial charge in [-0.25, -0.2) is 15.0 Å². The summed E-state index contributed by atoms with van der Waals surface area (Å²) < 4.78 is 1.48. The lowest BCUT2D eigenvalue weighted by Crippen LogP contribution is -2.14. The molecule has 0 aliphatic carbocycles. The summed E-state index contributed by atoms with van der Waals surface area (Å²) in [5, 5.41) is 12.9. The van der Waals surface area contributed by atoms with E-state index < -0.39 is 5.91 Å². The van der Waals surface area contributed by atoms with E-state index in [9.17, 15) is 9.90 Å². The van der Waals surface area contributed by atoms with E-state index in [2.05, 4.69) is 15.0 Å². The molecule has 8 nitrogen and oxygen atoms in total. The van der Waals surface area contributed by atoms with Gasteiger partial charge in [0.15, 0.2) is 5.65 Å². The van der Waals surface area contributed by atoms with Crippen LogP contribution in [0.3, 0.4) is 0 Å². The molecule has 0 saturated heterocycles. The van der Waals surface area contributed by atoms with E-state index in [1.54, 1.807) is 13.1 Å². The van der Waals surface area contributed by atoms with Crippen molar-refractivity contribution in [2.45, 2.75) is 6.92 Å². The van der Waals surface area contributed by atoms with Gasteiger partial charge in [-0.1, -0.05) is 11.6 Å². The third kappa shape index (κ3) is 2.59. The number of carbonyl (C=O) groups is 1. The SMILES string of the molecule is Cc1c(O)ccc(Cl)c1-n1c(N)c(C(N)=O)c2nc(-c3nccs3)cnc21. The summed E-state index contributed by atoms with van der Waals surface area (Å²) in [7, 11) is 0. The van der Waals surface area contributed by atoms with Gasteiger partial charge in [0, 0.05) is 17.1 Å². The molecule has 0 bridgehead atoms. The lowest BCUT2D eigenvalue weighted by molar-refractivity contribution is 0.100. The second kappa shape index (κ2) is 6.22. The number of halogens is 1.